The van der Waals surface area contributed by atoms with Crippen molar-refractivity contribution in [2.24, 2.45) is 5.73 Å². The lowest BCUT2D eigenvalue weighted by atomic mass is 10.2. The molecule has 0 aromatic heterocycles. The number of benzene rings is 1. The summed E-state index contributed by atoms with van der Waals surface area (Å²) in [5, 5.41) is 6.80. The van der Waals surface area contributed by atoms with Crippen LogP contribution in [0.4, 0.5) is 5.69 Å². The van der Waals surface area contributed by atoms with Gasteiger partial charge in [-0.3, -0.25) is 10.1 Å². The highest BCUT2D eigenvalue weighted by molar-refractivity contribution is 7.93. The van der Waals surface area contributed by atoms with Crippen LogP contribution in [0.1, 0.15) is 19.4 Å². The molecule has 0 heterocycles. The van der Waals surface area contributed by atoms with E-state index in [1.807, 2.05) is 0 Å². The summed E-state index contributed by atoms with van der Waals surface area (Å²) in [6.45, 7) is 3.16. The van der Waals surface area contributed by atoms with E-state index in [-0.39, 0.29) is 5.84 Å². The Morgan fingerprint density at radius 3 is 2.44 bits per heavy atom. The van der Waals surface area contributed by atoms with Gasteiger partial charge in [-0.15, -0.1) is 0 Å². The van der Waals surface area contributed by atoms with E-state index in [9.17, 15) is 8.42 Å². The van der Waals surface area contributed by atoms with Crippen LogP contribution in [0.3, 0.4) is 0 Å². The lowest BCUT2D eigenvalue weighted by Gasteiger charge is -2.13. The van der Waals surface area contributed by atoms with E-state index in [0.29, 0.717) is 11.3 Å². The second-order valence-corrected chi connectivity index (χ2v) is 5.89. The first kappa shape index (κ1) is 12.5. The zero-order valence-corrected chi connectivity index (χ0v) is 10.0. The summed E-state index contributed by atoms with van der Waals surface area (Å²) in [5.41, 5.74) is 6.08. The van der Waals surface area contributed by atoms with E-state index in [1.165, 1.54) is 0 Å². The minimum absolute atomic E-state index is 0.165. The number of sulfonamides is 1. The van der Waals surface area contributed by atoms with Gasteiger partial charge < -0.3 is 5.73 Å². The van der Waals surface area contributed by atoms with E-state index >= 15 is 0 Å². The van der Waals surface area contributed by atoms with Crippen molar-refractivity contribution < 1.29 is 8.42 Å². The minimum atomic E-state index is -3.41. The lowest BCUT2D eigenvalue weighted by molar-refractivity contribution is 0.593. The molecule has 1 rings (SSSR count). The summed E-state index contributed by atoms with van der Waals surface area (Å²) >= 11 is 0. The summed E-state index contributed by atoms with van der Waals surface area (Å²) in [6.07, 6.45) is 0. The Morgan fingerprint density at radius 2 is 1.94 bits per heavy atom. The highest BCUT2D eigenvalue weighted by Gasteiger charge is 2.17. The fourth-order valence-corrected chi connectivity index (χ4v) is 1.80. The Balaban J connectivity index is 3.12. The number of hydrogen-bond donors (Lipinski definition) is 3. The Labute approximate surface area is 95.2 Å². The molecule has 1 aromatic carbocycles. The molecule has 1 aromatic rings. The second-order valence-electron chi connectivity index (χ2n) is 3.66. The standard InChI is InChI=1S/C10H15N3O2S/c1-7(2)16(14,15)13-9-6-4-3-5-8(9)10(11)12/h3-7,13H,1-2H3,(H3,11,12). The van der Waals surface area contributed by atoms with E-state index in [1.54, 1.807) is 38.1 Å². The fourth-order valence-electron chi connectivity index (χ4n) is 1.08. The summed E-state index contributed by atoms with van der Waals surface area (Å²) < 4.78 is 25.7. The predicted octanol–water partition coefficient (Wildman–Crippen LogP) is 1.12. The molecule has 0 saturated carbocycles. The van der Waals surface area contributed by atoms with Crippen LogP contribution < -0.4 is 10.5 Å². The molecular weight excluding hydrogens is 226 g/mol. The number of hydrogen-bond acceptors (Lipinski definition) is 3. The molecule has 0 unspecified atom stereocenters. The molecule has 0 radical (unpaired) electrons. The fraction of sp³-hybridized carbons (Fsp3) is 0.300. The Morgan fingerprint density at radius 1 is 1.38 bits per heavy atom. The number of anilines is 1. The number of para-hydroxylation sites is 1. The first-order chi connectivity index (χ1) is 7.34. The van der Waals surface area contributed by atoms with Crippen LogP contribution in [0.15, 0.2) is 24.3 Å². The number of rotatable bonds is 4. The molecule has 16 heavy (non-hydrogen) atoms. The largest absolute Gasteiger partial charge is 0.384 e. The maximum absolute atomic E-state index is 11.7. The van der Waals surface area contributed by atoms with Crippen LogP contribution in [0.5, 0.6) is 0 Å². The van der Waals surface area contributed by atoms with Crippen LogP contribution in [-0.2, 0) is 10.0 Å². The maximum Gasteiger partial charge on any atom is 0.235 e. The van der Waals surface area contributed by atoms with Gasteiger partial charge in [0, 0.05) is 5.56 Å². The molecule has 0 aliphatic heterocycles. The third kappa shape index (κ3) is 2.73. The third-order valence-corrected chi connectivity index (χ3v) is 3.84. The van der Waals surface area contributed by atoms with Crippen LogP contribution in [0.25, 0.3) is 0 Å². The molecule has 0 fully saturated rings. The molecular formula is C10H15N3O2S. The minimum Gasteiger partial charge on any atom is -0.384 e. The van der Waals surface area contributed by atoms with E-state index in [0.717, 1.165) is 0 Å². The van der Waals surface area contributed by atoms with Gasteiger partial charge in [-0.25, -0.2) is 8.42 Å². The number of amidine groups is 1. The SMILES string of the molecule is CC(C)S(=O)(=O)Nc1ccccc1C(=N)N. The second kappa shape index (κ2) is 4.52. The third-order valence-electron chi connectivity index (χ3n) is 2.09. The summed E-state index contributed by atoms with van der Waals surface area (Å²) in [4.78, 5) is 0. The smallest absolute Gasteiger partial charge is 0.235 e. The Bertz CT molecular complexity index is 495. The summed E-state index contributed by atoms with van der Waals surface area (Å²) in [5.74, 6) is -0.165. The highest BCUT2D eigenvalue weighted by Crippen LogP contribution is 2.17. The van der Waals surface area contributed by atoms with Gasteiger partial charge in [-0.1, -0.05) is 12.1 Å². The molecule has 0 amide bonds. The average molecular weight is 241 g/mol. The quantitative estimate of drug-likeness (QED) is 0.544. The van der Waals surface area contributed by atoms with Crippen molar-refractivity contribution in [1.29, 1.82) is 5.41 Å². The molecule has 0 bridgehead atoms. The Hall–Kier alpha value is -1.56. The molecule has 0 aliphatic rings. The molecule has 0 atom stereocenters. The first-order valence-electron chi connectivity index (χ1n) is 4.79. The molecule has 0 spiro atoms. The van der Waals surface area contributed by atoms with Crippen molar-refractivity contribution in [1.82, 2.24) is 0 Å². The van der Waals surface area contributed by atoms with Crippen molar-refractivity contribution in [3.05, 3.63) is 29.8 Å². The molecule has 4 N–H and O–H groups in total. The lowest BCUT2D eigenvalue weighted by Crippen LogP contribution is -2.24. The number of nitrogens with two attached hydrogens (primary N) is 1. The Kier molecular flexibility index (Phi) is 3.54. The van der Waals surface area contributed by atoms with E-state index in [4.69, 9.17) is 11.1 Å². The van der Waals surface area contributed by atoms with Crippen molar-refractivity contribution in [2.75, 3.05) is 4.72 Å². The van der Waals surface area contributed by atoms with Gasteiger partial charge in [0.2, 0.25) is 10.0 Å². The zero-order valence-electron chi connectivity index (χ0n) is 9.19. The maximum atomic E-state index is 11.7. The topological polar surface area (TPSA) is 96.0 Å². The first-order valence-corrected chi connectivity index (χ1v) is 6.34. The zero-order chi connectivity index (χ0) is 12.3. The average Bonchev–Trinajstić information content (AvgIpc) is 2.17. The van der Waals surface area contributed by atoms with Gasteiger partial charge in [0.1, 0.15) is 5.84 Å². The van der Waals surface area contributed by atoms with Crippen LogP contribution in [-0.4, -0.2) is 19.5 Å². The van der Waals surface area contributed by atoms with Gasteiger partial charge in [0.25, 0.3) is 0 Å². The van der Waals surface area contributed by atoms with Crippen molar-refractivity contribution in [2.45, 2.75) is 19.1 Å². The molecule has 0 aliphatic carbocycles. The van der Waals surface area contributed by atoms with Gasteiger partial charge in [-0.05, 0) is 26.0 Å². The molecule has 6 heteroatoms. The number of nitrogens with one attached hydrogen (secondary N) is 2. The summed E-state index contributed by atoms with van der Waals surface area (Å²) in [7, 11) is -3.41. The predicted molar refractivity (Wildman–Crippen MR) is 65.1 cm³/mol. The molecule has 5 nitrogen and oxygen atoms in total. The van der Waals surface area contributed by atoms with Crippen molar-refractivity contribution in [3.8, 4) is 0 Å². The molecule has 0 saturated heterocycles. The van der Waals surface area contributed by atoms with E-state index < -0.39 is 15.3 Å². The molecule has 88 valence electrons. The van der Waals surface area contributed by atoms with Crippen LogP contribution in [0.2, 0.25) is 0 Å². The van der Waals surface area contributed by atoms with Gasteiger partial charge in [0.15, 0.2) is 0 Å². The van der Waals surface area contributed by atoms with Gasteiger partial charge in [-0.2, -0.15) is 0 Å². The van der Waals surface area contributed by atoms with Gasteiger partial charge in [0.05, 0.1) is 10.9 Å². The van der Waals surface area contributed by atoms with Gasteiger partial charge >= 0.3 is 0 Å². The van der Waals surface area contributed by atoms with Crippen LogP contribution in [0, 0.1) is 5.41 Å². The summed E-state index contributed by atoms with van der Waals surface area (Å²) in [6, 6.07) is 6.56. The van der Waals surface area contributed by atoms with Crippen molar-refractivity contribution in [3.63, 3.8) is 0 Å². The van der Waals surface area contributed by atoms with Crippen molar-refractivity contribution >= 4 is 21.5 Å². The normalized spacial score (nSPS) is 11.4. The number of nitrogen functional groups attached to an aromatic ring is 1. The van der Waals surface area contributed by atoms with E-state index in [2.05, 4.69) is 4.72 Å². The monoisotopic (exact) mass is 241 g/mol. The highest BCUT2D eigenvalue weighted by atomic mass is 32.2. The van der Waals surface area contributed by atoms with Crippen LogP contribution >= 0.6 is 0 Å².